The highest BCUT2D eigenvalue weighted by atomic mass is 16.5. The molecule has 0 spiro atoms. The van der Waals surface area contributed by atoms with Crippen LogP contribution in [-0.4, -0.2) is 13.7 Å². The van der Waals surface area contributed by atoms with Crippen molar-refractivity contribution < 1.29 is 4.74 Å². The maximum Gasteiger partial charge on any atom is 0.118 e. The van der Waals surface area contributed by atoms with Gasteiger partial charge in [-0.25, -0.2) is 0 Å². The van der Waals surface area contributed by atoms with Gasteiger partial charge in [0.25, 0.3) is 0 Å². The Labute approximate surface area is 85.6 Å². The number of ether oxygens (including phenoxy) is 1. The maximum atomic E-state index is 5.08. The van der Waals surface area contributed by atoms with Gasteiger partial charge in [0.2, 0.25) is 0 Å². The molecule has 14 heavy (non-hydrogen) atoms. The van der Waals surface area contributed by atoms with Crippen molar-refractivity contribution in [2.24, 2.45) is 0 Å². The summed E-state index contributed by atoms with van der Waals surface area (Å²) >= 11 is 0. The van der Waals surface area contributed by atoms with E-state index in [-0.39, 0.29) is 0 Å². The van der Waals surface area contributed by atoms with E-state index in [0.29, 0.717) is 0 Å². The van der Waals surface area contributed by atoms with E-state index < -0.39 is 0 Å². The monoisotopic (exact) mass is 191 g/mol. The van der Waals surface area contributed by atoms with Gasteiger partial charge in [0, 0.05) is 13.1 Å². The van der Waals surface area contributed by atoms with E-state index in [1.807, 2.05) is 19.1 Å². The Kier molecular flexibility index (Phi) is 4.20. The smallest absolute Gasteiger partial charge is 0.118 e. The van der Waals surface area contributed by atoms with Crippen LogP contribution in [0.25, 0.3) is 0 Å². The van der Waals surface area contributed by atoms with Crippen LogP contribution in [0.3, 0.4) is 0 Å². The minimum absolute atomic E-state index is 0.867. The van der Waals surface area contributed by atoms with E-state index in [1.54, 1.807) is 7.11 Å². The molecule has 0 atom stereocenters. The van der Waals surface area contributed by atoms with E-state index in [0.717, 1.165) is 24.4 Å². The van der Waals surface area contributed by atoms with Gasteiger partial charge in [-0.05, 0) is 24.6 Å². The molecule has 0 saturated heterocycles. The van der Waals surface area contributed by atoms with Gasteiger partial charge >= 0.3 is 0 Å². The van der Waals surface area contributed by atoms with E-state index in [2.05, 4.69) is 24.0 Å². The number of benzene rings is 1. The minimum Gasteiger partial charge on any atom is -0.497 e. The lowest BCUT2D eigenvalue weighted by Crippen LogP contribution is -2.14. The number of rotatable bonds is 5. The molecule has 0 aliphatic rings. The van der Waals surface area contributed by atoms with Gasteiger partial charge in [-0.2, -0.15) is 0 Å². The Morgan fingerprint density at radius 2 is 2.00 bits per heavy atom. The van der Waals surface area contributed by atoms with Gasteiger partial charge in [-0.1, -0.05) is 24.3 Å². The van der Waals surface area contributed by atoms with Crippen LogP contribution >= 0.6 is 0 Å². The number of hydrogen-bond donors (Lipinski definition) is 1. The van der Waals surface area contributed by atoms with Crippen LogP contribution in [-0.2, 0) is 6.54 Å². The van der Waals surface area contributed by atoms with Crippen molar-refractivity contribution in [1.29, 1.82) is 0 Å². The Hall–Kier alpha value is -1.28. The molecule has 0 saturated carbocycles. The Balaban J connectivity index is 2.40. The third-order valence-electron chi connectivity index (χ3n) is 1.91. The fraction of sp³-hybridized carbons (Fsp3) is 0.333. The molecule has 1 aromatic rings. The third-order valence-corrected chi connectivity index (χ3v) is 1.91. The summed E-state index contributed by atoms with van der Waals surface area (Å²) in [7, 11) is 1.67. The zero-order chi connectivity index (χ0) is 10.4. The molecular weight excluding hydrogens is 174 g/mol. The maximum absolute atomic E-state index is 5.08. The molecule has 0 aliphatic heterocycles. The fourth-order valence-corrected chi connectivity index (χ4v) is 1.16. The first-order valence-electron chi connectivity index (χ1n) is 4.70. The quantitative estimate of drug-likeness (QED) is 0.721. The highest BCUT2D eigenvalue weighted by Gasteiger charge is 1.93. The minimum atomic E-state index is 0.867. The second kappa shape index (κ2) is 5.45. The predicted molar refractivity (Wildman–Crippen MR) is 59.5 cm³/mol. The van der Waals surface area contributed by atoms with E-state index in [9.17, 15) is 0 Å². The van der Waals surface area contributed by atoms with Crippen LogP contribution < -0.4 is 10.1 Å². The van der Waals surface area contributed by atoms with Gasteiger partial charge < -0.3 is 10.1 Å². The fourth-order valence-electron chi connectivity index (χ4n) is 1.16. The first-order valence-corrected chi connectivity index (χ1v) is 4.70. The molecule has 1 aromatic carbocycles. The van der Waals surface area contributed by atoms with Crippen molar-refractivity contribution in [3.05, 3.63) is 42.0 Å². The van der Waals surface area contributed by atoms with Crippen LogP contribution in [0, 0.1) is 0 Å². The first-order chi connectivity index (χ1) is 6.72. The average molecular weight is 191 g/mol. The molecule has 0 aromatic heterocycles. The molecule has 0 heterocycles. The number of methoxy groups -OCH3 is 1. The van der Waals surface area contributed by atoms with Crippen molar-refractivity contribution in [2.45, 2.75) is 13.5 Å². The van der Waals surface area contributed by atoms with E-state index in [4.69, 9.17) is 4.74 Å². The molecule has 2 nitrogen and oxygen atoms in total. The molecular formula is C12H17NO. The van der Waals surface area contributed by atoms with Crippen LogP contribution in [0.1, 0.15) is 12.5 Å². The average Bonchev–Trinajstić information content (AvgIpc) is 2.18. The summed E-state index contributed by atoms with van der Waals surface area (Å²) in [6, 6.07) is 8.06. The summed E-state index contributed by atoms with van der Waals surface area (Å²) in [6.07, 6.45) is 0. The van der Waals surface area contributed by atoms with Crippen LogP contribution in [0.4, 0.5) is 0 Å². The molecule has 0 radical (unpaired) electrons. The molecule has 2 heteroatoms. The van der Waals surface area contributed by atoms with Gasteiger partial charge in [0.15, 0.2) is 0 Å². The molecule has 76 valence electrons. The Bertz CT molecular complexity index is 290. The zero-order valence-corrected chi connectivity index (χ0v) is 8.84. The predicted octanol–water partition coefficient (Wildman–Crippen LogP) is 2.36. The summed E-state index contributed by atoms with van der Waals surface area (Å²) < 4.78 is 5.08. The molecule has 0 aliphatic carbocycles. The SMILES string of the molecule is C=C(C)CNCc1ccc(OC)cc1. The molecule has 0 fully saturated rings. The Morgan fingerprint density at radius 1 is 1.36 bits per heavy atom. The Morgan fingerprint density at radius 3 is 2.50 bits per heavy atom. The van der Waals surface area contributed by atoms with Crippen molar-refractivity contribution >= 4 is 0 Å². The van der Waals surface area contributed by atoms with Crippen LogP contribution in [0.15, 0.2) is 36.4 Å². The number of hydrogen-bond acceptors (Lipinski definition) is 2. The van der Waals surface area contributed by atoms with Gasteiger partial charge in [-0.15, -0.1) is 0 Å². The first kappa shape index (κ1) is 10.8. The lowest BCUT2D eigenvalue weighted by molar-refractivity contribution is 0.414. The lowest BCUT2D eigenvalue weighted by atomic mass is 10.2. The molecule has 0 unspecified atom stereocenters. The van der Waals surface area contributed by atoms with Gasteiger partial charge in [0.05, 0.1) is 7.11 Å². The molecule has 1 N–H and O–H groups in total. The highest BCUT2D eigenvalue weighted by molar-refractivity contribution is 5.27. The number of nitrogens with one attached hydrogen (secondary N) is 1. The van der Waals surface area contributed by atoms with Crippen molar-refractivity contribution in [2.75, 3.05) is 13.7 Å². The lowest BCUT2D eigenvalue weighted by Gasteiger charge is -2.05. The van der Waals surface area contributed by atoms with Crippen molar-refractivity contribution in [3.63, 3.8) is 0 Å². The zero-order valence-electron chi connectivity index (χ0n) is 8.84. The van der Waals surface area contributed by atoms with E-state index in [1.165, 1.54) is 5.56 Å². The van der Waals surface area contributed by atoms with Gasteiger partial charge in [-0.3, -0.25) is 0 Å². The molecule has 0 amide bonds. The van der Waals surface area contributed by atoms with Crippen LogP contribution in [0.5, 0.6) is 5.75 Å². The summed E-state index contributed by atoms with van der Waals surface area (Å²) in [5.74, 6) is 0.897. The summed E-state index contributed by atoms with van der Waals surface area (Å²) in [6.45, 7) is 7.59. The molecule has 1 rings (SSSR count). The van der Waals surface area contributed by atoms with Gasteiger partial charge in [0.1, 0.15) is 5.75 Å². The molecule has 0 bridgehead atoms. The second-order valence-corrected chi connectivity index (χ2v) is 3.41. The summed E-state index contributed by atoms with van der Waals surface area (Å²) in [4.78, 5) is 0. The largest absolute Gasteiger partial charge is 0.497 e. The van der Waals surface area contributed by atoms with Crippen molar-refractivity contribution in [3.8, 4) is 5.75 Å². The van der Waals surface area contributed by atoms with Crippen LogP contribution in [0.2, 0.25) is 0 Å². The highest BCUT2D eigenvalue weighted by Crippen LogP contribution is 2.10. The van der Waals surface area contributed by atoms with Crippen molar-refractivity contribution in [1.82, 2.24) is 5.32 Å². The third kappa shape index (κ3) is 3.62. The summed E-state index contributed by atoms with van der Waals surface area (Å²) in [5, 5.41) is 3.30. The normalized spacial score (nSPS) is 9.86. The second-order valence-electron chi connectivity index (χ2n) is 3.41. The topological polar surface area (TPSA) is 21.3 Å². The summed E-state index contributed by atoms with van der Waals surface area (Å²) in [5.41, 5.74) is 2.41. The standard InChI is InChI=1S/C12H17NO/c1-10(2)8-13-9-11-4-6-12(14-3)7-5-11/h4-7,13H,1,8-9H2,2-3H3. The van der Waals surface area contributed by atoms with E-state index >= 15 is 0 Å².